The lowest BCUT2D eigenvalue weighted by Crippen LogP contribution is -2.37. The van der Waals surface area contributed by atoms with E-state index in [1.165, 1.54) is 25.7 Å². The summed E-state index contributed by atoms with van der Waals surface area (Å²) in [6.45, 7) is 2.06. The molecule has 1 fully saturated rings. The molecule has 0 spiro atoms. The third-order valence-electron chi connectivity index (χ3n) is 3.87. The predicted molar refractivity (Wildman–Crippen MR) is 81.7 cm³/mol. The lowest BCUT2D eigenvalue weighted by atomic mass is 10.1. The van der Waals surface area contributed by atoms with E-state index < -0.39 is 5.97 Å². The maximum atomic E-state index is 12.5. The molecule has 0 aromatic carbocycles. The van der Waals surface area contributed by atoms with Gasteiger partial charge >= 0.3 is 5.97 Å². The van der Waals surface area contributed by atoms with Gasteiger partial charge in [-0.3, -0.25) is 4.79 Å². The van der Waals surface area contributed by atoms with Crippen LogP contribution in [-0.4, -0.2) is 41.5 Å². The largest absolute Gasteiger partial charge is 0.461 e. The van der Waals surface area contributed by atoms with Gasteiger partial charge in [0.2, 0.25) is 5.01 Å². The van der Waals surface area contributed by atoms with Crippen LogP contribution < -0.4 is 0 Å². The Bertz CT molecular complexity index is 493. The van der Waals surface area contributed by atoms with Gasteiger partial charge in [-0.15, -0.1) is 11.3 Å². The summed E-state index contributed by atoms with van der Waals surface area (Å²) in [6.07, 6.45) is 6.96. The fourth-order valence-electron chi connectivity index (χ4n) is 2.65. The number of hydrogen-bond donors (Lipinski definition) is 0. The Morgan fingerprint density at radius 1 is 1.33 bits per heavy atom. The number of aromatic nitrogens is 1. The second-order valence-corrected chi connectivity index (χ2v) is 6.18. The molecule has 0 bridgehead atoms. The van der Waals surface area contributed by atoms with Crippen LogP contribution in [-0.2, 0) is 4.74 Å². The number of hydrogen-bond acceptors (Lipinski definition) is 5. The first-order valence-corrected chi connectivity index (χ1v) is 8.41. The van der Waals surface area contributed by atoms with Crippen molar-refractivity contribution in [2.75, 3.05) is 13.7 Å². The van der Waals surface area contributed by atoms with Gasteiger partial charge in [0.1, 0.15) is 5.69 Å². The third-order valence-corrected chi connectivity index (χ3v) is 4.69. The third kappa shape index (κ3) is 4.03. The van der Waals surface area contributed by atoms with Gasteiger partial charge in [0.15, 0.2) is 0 Å². The number of amides is 1. The van der Waals surface area contributed by atoms with Crippen molar-refractivity contribution in [2.24, 2.45) is 0 Å². The second kappa shape index (κ2) is 7.54. The van der Waals surface area contributed by atoms with Crippen LogP contribution in [0, 0.1) is 0 Å². The fourth-order valence-corrected chi connectivity index (χ4v) is 3.33. The summed E-state index contributed by atoms with van der Waals surface area (Å²) in [6, 6.07) is 0.285. The molecular weight excluding hydrogens is 288 g/mol. The average molecular weight is 310 g/mol. The quantitative estimate of drug-likeness (QED) is 0.633. The second-order valence-electron chi connectivity index (χ2n) is 5.32. The highest BCUT2D eigenvalue weighted by molar-refractivity contribution is 7.11. The molecule has 1 saturated carbocycles. The summed E-state index contributed by atoms with van der Waals surface area (Å²) >= 11 is 1.16. The zero-order chi connectivity index (χ0) is 15.2. The summed E-state index contributed by atoms with van der Waals surface area (Å²) in [5, 5.41) is 1.89. The Balaban J connectivity index is 2.03. The highest BCUT2D eigenvalue weighted by Gasteiger charge is 2.24. The minimum absolute atomic E-state index is 0.103. The maximum absolute atomic E-state index is 12.5. The van der Waals surface area contributed by atoms with Crippen molar-refractivity contribution in [1.82, 2.24) is 9.88 Å². The Kier molecular flexibility index (Phi) is 5.73. The van der Waals surface area contributed by atoms with E-state index in [-0.39, 0.29) is 17.0 Å². The molecule has 1 amide bonds. The minimum Gasteiger partial charge on any atom is -0.461 e. The number of esters is 1. The number of nitrogens with zero attached hydrogens (tertiary/aromatic N) is 2. The van der Waals surface area contributed by atoms with Gasteiger partial charge in [0.05, 0.1) is 6.61 Å². The topological polar surface area (TPSA) is 59.5 Å². The van der Waals surface area contributed by atoms with Gasteiger partial charge < -0.3 is 9.64 Å². The molecule has 1 aromatic rings. The van der Waals surface area contributed by atoms with Crippen LogP contribution in [0.2, 0.25) is 0 Å². The fraction of sp³-hybridized carbons (Fsp3) is 0.667. The summed E-state index contributed by atoms with van der Waals surface area (Å²) in [7, 11) is 1.84. The van der Waals surface area contributed by atoms with E-state index in [4.69, 9.17) is 4.74 Å². The number of rotatable bonds is 4. The average Bonchev–Trinajstić information content (AvgIpc) is 2.82. The van der Waals surface area contributed by atoms with Crippen LogP contribution in [0.5, 0.6) is 0 Å². The van der Waals surface area contributed by atoms with Gasteiger partial charge in [-0.2, -0.15) is 0 Å². The highest BCUT2D eigenvalue weighted by Crippen LogP contribution is 2.22. The van der Waals surface area contributed by atoms with Gasteiger partial charge in [-0.1, -0.05) is 25.7 Å². The molecule has 1 aliphatic carbocycles. The van der Waals surface area contributed by atoms with E-state index in [9.17, 15) is 9.59 Å². The molecule has 0 atom stereocenters. The molecule has 6 heteroatoms. The highest BCUT2D eigenvalue weighted by atomic mass is 32.1. The van der Waals surface area contributed by atoms with Crippen molar-refractivity contribution >= 4 is 23.2 Å². The molecular formula is C15H22N2O3S. The normalized spacial score (nSPS) is 16.3. The van der Waals surface area contributed by atoms with Crippen molar-refractivity contribution in [1.29, 1.82) is 0 Å². The van der Waals surface area contributed by atoms with Crippen LogP contribution in [0.3, 0.4) is 0 Å². The number of thiazole rings is 1. The van der Waals surface area contributed by atoms with Gasteiger partial charge in [0.25, 0.3) is 5.91 Å². The molecule has 0 N–H and O–H groups in total. The monoisotopic (exact) mass is 310 g/mol. The van der Waals surface area contributed by atoms with E-state index in [0.29, 0.717) is 12.3 Å². The molecule has 0 unspecified atom stereocenters. The van der Waals surface area contributed by atoms with Crippen LogP contribution in [0.4, 0.5) is 0 Å². The Morgan fingerprint density at radius 2 is 2.00 bits per heavy atom. The molecule has 1 aliphatic rings. The van der Waals surface area contributed by atoms with Crippen LogP contribution in [0.1, 0.15) is 65.7 Å². The van der Waals surface area contributed by atoms with Gasteiger partial charge in [-0.25, -0.2) is 9.78 Å². The van der Waals surface area contributed by atoms with Crippen molar-refractivity contribution in [3.8, 4) is 0 Å². The first-order valence-electron chi connectivity index (χ1n) is 7.53. The zero-order valence-electron chi connectivity index (χ0n) is 12.6. The zero-order valence-corrected chi connectivity index (χ0v) is 13.4. The number of ether oxygens (including phenoxy) is 1. The van der Waals surface area contributed by atoms with Crippen molar-refractivity contribution in [2.45, 2.75) is 51.5 Å². The van der Waals surface area contributed by atoms with Gasteiger partial charge in [0, 0.05) is 18.5 Å². The Morgan fingerprint density at radius 3 is 2.62 bits per heavy atom. The standard InChI is InChI=1S/C15H22N2O3S/c1-3-20-15(19)13-16-12(10-21-13)14(18)17(2)11-8-6-4-5-7-9-11/h10-11H,3-9H2,1-2H3. The molecule has 116 valence electrons. The maximum Gasteiger partial charge on any atom is 0.367 e. The van der Waals surface area contributed by atoms with E-state index in [1.54, 1.807) is 17.2 Å². The molecule has 0 radical (unpaired) electrons. The predicted octanol–water partition coefficient (Wildman–Crippen LogP) is 3.11. The van der Waals surface area contributed by atoms with Crippen LogP contribution in [0.15, 0.2) is 5.38 Å². The van der Waals surface area contributed by atoms with E-state index >= 15 is 0 Å². The van der Waals surface area contributed by atoms with E-state index in [2.05, 4.69) is 4.98 Å². The summed E-state index contributed by atoms with van der Waals surface area (Å²) in [4.78, 5) is 30.0. The van der Waals surface area contributed by atoms with E-state index in [0.717, 1.165) is 24.2 Å². The van der Waals surface area contributed by atoms with Gasteiger partial charge in [-0.05, 0) is 19.8 Å². The molecule has 5 nitrogen and oxygen atoms in total. The van der Waals surface area contributed by atoms with Crippen LogP contribution in [0.25, 0.3) is 0 Å². The lowest BCUT2D eigenvalue weighted by Gasteiger charge is -2.26. The Hall–Kier alpha value is -1.43. The van der Waals surface area contributed by atoms with Crippen molar-refractivity contribution in [3.05, 3.63) is 16.1 Å². The molecule has 21 heavy (non-hydrogen) atoms. The molecule has 1 heterocycles. The first-order chi connectivity index (χ1) is 10.1. The summed E-state index contributed by atoms with van der Waals surface area (Å²) in [5.74, 6) is -0.563. The number of carbonyl (C=O) groups excluding carboxylic acids is 2. The van der Waals surface area contributed by atoms with Crippen molar-refractivity contribution in [3.63, 3.8) is 0 Å². The molecule has 0 saturated heterocycles. The number of carbonyl (C=O) groups is 2. The molecule has 1 aromatic heterocycles. The van der Waals surface area contributed by atoms with E-state index in [1.807, 2.05) is 7.05 Å². The Labute approximate surface area is 129 Å². The van der Waals surface area contributed by atoms with Crippen molar-refractivity contribution < 1.29 is 14.3 Å². The minimum atomic E-state index is -0.460. The SMILES string of the molecule is CCOC(=O)c1nc(C(=O)N(C)C2CCCCCC2)cs1. The summed E-state index contributed by atoms with van der Waals surface area (Å²) < 4.78 is 4.90. The van der Waals surface area contributed by atoms with Crippen LogP contribution >= 0.6 is 11.3 Å². The molecule has 2 rings (SSSR count). The summed E-state index contributed by atoms with van der Waals surface area (Å²) in [5.41, 5.74) is 0.342. The molecule has 0 aliphatic heterocycles. The smallest absolute Gasteiger partial charge is 0.367 e. The first kappa shape index (κ1) is 15.9. The lowest BCUT2D eigenvalue weighted by molar-refractivity contribution is 0.0526.